The first kappa shape index (κ1) is 20.9. The third kappa shape index (κ3) is 7.22. The van der Waals surface area contributed by atoms with Gasteiger partial charge in [-0.2, -0.15) is 0 Å². The molecule has 0 radical (unpaired) electrons. The summed E-state index contributed by atoms with van der Waals surface area (Å²) in [5.74, 6) is -0.120. The fourth-order valence-electron chi connectivity index (χ4n) is 1.76. The number of rotatable bonds is 8. The standard InChI is InChI=1S/C14H22N2O4S.ClH/c1-11(16-14(17)10-15-8-9-20-2)12-4-6-13(7-5-12)21(3,18)19;/h4-7,11,15H,8-10H2,1-3H3,(H,16,17);1H. The molecule has 0 saturated heterocycles. The number of amides is 1. The van der Waals surface area contributed by atoms with Gasteiger partial charge in [-0.3, -0.25) is 4.79 Å². The fraction of sp³-hybridized carbons (Fsp3) is 0.500. The number of hydrogen-bond donors (Lipinski definition) is 2. The third-order valence-electron chi connectivity index (χ3n) is 2.95. The highest BCUT2D eigenvalue weighted by molar-refractivity contribution is 7.90. The van der Waals surface area contributed by atoms with Crippen molar-refractivity contribution >= 4 is 28.2 Å². The smallest absolute Gasteiger partial charge is 0.234 e. The number of carbonyl (C=O) groups is 1. The van der Waals surface area contributed by atoms with Crippen LogP contribution in [0.3, 0.4) is 0 Å². The molecule has 2 N–H and O–H groups in total. The molecule has 0 aromatic heterocycles. The zero-order valence-corrected chi connectivity index (χ0v) is 14.6. The van der Waals surface area contributed by atoms with Gasteiger partial charge in [0.15, 0.2) is 9.84 Å². The van der Waals surface area contributed by atoms with Crippen LogP contribution in [0.4, 0.5) is 0 Å². The second-order valence-corrected chi connectivity index (χ2v) is 6.82. The van der Waals surface area contributed by atoms with Gasteiger partial charge in [0.1, 0.15) is 0 Å². The Balaban J connectivity index is 0.00000441. The van der Waals surface area contributed by atoms with E-state index in [1.54, 1.807) is 31.4 Å². The van der Waals surface area contributed by atoms with Crippen molar-refractivity contribution < 1.29 is 17.9 Å². The third-order valence-corrected chi connectivity index (χ3v) is 4.08. The number of sulfone groups is 1. The minimum atomic E-state index is -3.20. The summed E-state index contributed by atoms with van der Waals surface area (Å²) in [7, 11) is -1.59. The summed E-state index contributed by atoms with van der Waals surface area (Å²) in [4.78, 5) is 12.0. The fourth-order valence-corrected chi connectivity index (χ4v) is 2.39. The van der Waals surface area contributed by atoms with E-state index in [-0.39, 0.29) is 35.8 Å². The van der Waals surface area contributed by atoms with E-state index in [1.165, 1.54) is 6.26 Å². The van der Waals surface area contributed by atoms with E-state index in [0.717, 1.165) is 5.56 Å². The normalized spacial score (nSPS) is 12.3. The second kappa shape index (κ2) is 9.78. The maximum absolute atomic E-state index is 11.7. The molecule has 0 fully saturated rings. The molecule has 1 aromatic carbocycles. The van der Waals surface area contributed by atoms with Crippen LogP contribution in [-0.2, 0) is 19.4 Å². The van der Waals surface area contributed by atoms with Gasteiger partial charge in [0.25, 0.3) is 0 Å². The number of ether oxygens (including phenoxy) is 1. The summed E-state index contributed by atoms with van der Waals surface area (Å²) < 4.78 is 27.6. The Hall–Kier alpha value is -1.15. The van der Waals surface area contributed by atoms with Crippen LogP contribution in [0.15, 0.2) is 29.2 Å². The average Bonchev–Trinajstić information content (AvgIpc) is 2.43. The van der Waals surface area contributed by atoms with Crippen molar-refractivity contribution in [3.63, 3.8) is 0 Å². The van der Waals surface area contributed by atoms with E-state index >= 15 is 0 Å². The maximum Gasteiger partial charge on any atom is 0.234 e. The van der Waals surface area contributed by atoms with E-state index in [9.17, 15) is 13.2 Å². The predicted molar refractivity (Wildman–Crippen MR) is 88.1 cm³/mol. The van der Waals surface area contributed by atoms with Crippen LogP contribution in [0.25, 0.3) is 0 Å². The number of hydrogen-bond acceptors (Lipinski definition) is 5. The van der Waals surface area contributed by atoms with Crippen LogP contribution in [0.2, 0.25) is 0 Å². The van der Waals surface area contributed by atoms with Gasteiger partial charge in [-0.05, 0) is 24.6 Å². The van der Waals surface area contributed by atoms with Gasteiger partial charge in [-0.1, -0.05) is 12.1 Å². The molecule has 0 aliphatic carbocycles. The average molecular weight is 351 g/mol. The van der Waals surface area contributed by atoms with E-state index in [1.807, 2.05) is 6.92 Å². The first-order valence-electron chi connectivity index (χ1n) is 6.63. The van der Waals surface area contributed by atoms with Crippen molar-refractivity contribution in [3.8, 4) is 0 Å². The molecule has 0 aliphatic heterocycles. The van der Waals surface area contributed by atoms with Crippen molar-refractivity contribution in [2.75, 3.05) is 33.1 Å². The van der Waals surface area contributed by atoms with E-state index in [2.05, 4.69) is 10.6 Å². The number of halogens is 1. The van der Waals surface area contributed by atoms with Gasteiger partial charge in [0.05, 0.1) is 24.1 Å². The van der Waals surface area contributed by atoms with Crippen molar-refractivity contribution in [3.05, 3.63) is 29.8 Å². The van der Waals surface area contributed by atoms with Crippen LogP contribution in [0.1, 0.15) is 18.5 Å². The van der Waals surface area contributed by atoms with Crippen LogP contribution >= 0.6 is 12.4 Å². The highest BCUT2D eigenvalue weighted by Crippen LogP contribution is 2.15. The molecule has 6 nitrogen and oxygen atoms in total. The Bertz CT molecular complexity index is 561. The van der Waals surface area contributed by atoms with Gasteiger partial charge in [-0.15, -0.1) is 12.4 Å². The molecule has 22 heavy (non-hydrogen) atoms. The molecule has 1 aromatic rings. The lowest BCUT2D eigenvalue weighted by Gasteiger charge is -2.15. The first-order valence-corrected chi connectivity index (χ1v) is 8.52. The zero-order valence-electron chi connectivity index (χ0n) is 13.0. The van der Waals surface area contributed by atoms with E-state index < -0.39 is 9.84 Å². The van der Waals surface area contributed by atoms with Gasteiger partial charge in [0.2, 0.25) is 5.91 Å². The first-order chi connectivity index (χ1) is 9.84. The Morgan fingerprint density at radius 1 is 1.27 bits per heavy atom. The van der Waals surface area contributed by atoms with Crippen molar-refractivity contribution in [2.45, 2.75) is 17.9 Å². The molecule has 1 atom stereocenters. The summed E-state index contributed by atoms with van der Waals surface area (Å²) in [6, 6.07) is 6.32. The Kier molecular flexibility index (Phi) is 9.27. The Morgan fingerprint density at radius 2 is 1.86 bits per heavy atom. The molecular formula is C14H23ClN2O4S. The lowest BCUT2D eigenvalue weighted by atomic mass is 10.1. The minimum absolute atomic E-state index is 0. The lowest BCUT2D eigenvalue weighted by molar-refractivity contribution is -0.120. The summed E-state index contributed by atoms with van der Waals surface area (Å²) in [6.07, 6.45) is 1.17. The largest absolute Gasteiger partial charge is 0.383 e. The monoisotopic (exact) mass is 350 g/mol. The molecule has 0 bridgehead atoms. The highest BCUT2D eigenvalue weighted by atomic mass is 35.5. The minimum Gasteiger partial charge on any atom is -0.383 e. The Labute approximate surface area is 138 Å². The number of nitrogens with one attached hydrogen (secondary N) is 2. The molecule has 1 rings (SSSR count). The molecule has 0 spiro atoms. The quantitative estimate of drug-likeness (QED) is 0.681. The maximum atomic E-state index is 11.7. The zero-order chi connectivity index (χ0) is 15.9. The van der Waals surface area contributed by atoms with Crippen LogP contribution in [0.5, 0.6) is 0 Å². The number of methoxy groups -OCH3 is 1. The van der Waals surface area contributed by atoms with Gasteiger partial charge in [0, 0.05) is 19.9 Å². The van der Waals surface area contributed by atoms with Crippen LogP contribution in [0, 0.1) is 0 Å². The number of benzene rings is 1. The lowest BCUT2D eigenvalue weighted by Crippen LogP contribution is -2.36. The van der Waals surface area contributed by atoms with Crippen molar-refractivity contribution in [1.82, 2.24) is 10.6 Å². The summed E-state index contributed by atoms with van der Waals surface area (Å²) in [6.45, 7) is 3.23. The van der Waals surface area contributed by atoms with Gasteiger partial charge >= 0.3 is 0 Å². The molecular weight excluding hydrogens is 328 g/mol. The van der Waals surface area contributed by atoms with Gasteiger partial charge < -0.3 is 15.4 Å². The van der Waals surface area contributed by atoms with Crippen molar-refractivity contribution in [2.24, 2.45) is 0 Å². The number of carbonyl (C=O) groups excluding carboxylic acids is 1. The molecule has 0 aliphatic rings. The highest BCUT2D eigenvalue weighted by Gasteiger charge is 2.11. The topological polar surface area (TPSA) is 84.5 Å². The summed E-state index contributed by atoms with van der Waals surface area (Å²) in [5, 5.41) is 5.80. The molecule has 0 saturated carbocycles. The van der Waals surface area contributed by atoms with E-state index in [4.69, 9.17) is 4.74 Å². The van der Waals surface area contributed by atoms with E-state index in [0.29, 0.717) is 13.2 Å². The molecule has 126 valence electrons. The van der Waals surface area contributed by atoms with Crippen LogP contribution in [-0.4, -0.2) is 47.4 Å². The predicted octanol–water partition coefficient (Wildman–Crippen LogP) is 0.925. The molecule has 8 heteroatoms. The van der Waals surface area contributed by atoms with Gasteiger partial charge in [-0.25, -0.2) is 8.42 Å². The SMILES string of the molecule is COCCNCC(=O)NC(C)c1ccc(S(C)(=O)=O)cc1.Cl. The van der Waals surface area contributed by atoms with Crippen molar-refractivity contribution in [1.29, 1.82) is 0 Å². The second-order valence-electron chi connectivity index (χ2n) is 4.80. The summed E-state index contributed by atoms with van der Waals surface area (Å²) in [5.41, 5.74) is 0.854. The Morgan fingerprint density at radius 3 is 2.36 bits per heavy atom. The molecule has 1 unspecified atom stereocenters. The molecule has 1 amide bonds. The molecule has 0 heterocycles. The summed E-state index contributed by atoms with van der Waals surface area (Å²) >= 11 is 0. The van der Waals surface area contributed by atoms with Crippen LogP contribution < -0.4 is 10.6 Å².